The Labute approximate surface area is 121 Å². The van der Waals surface area contributed by atoms with Crippen LogP contribution in [0.25, 0.3) is 0 Å². The predicted molar refractivity (Wildman–Crippen MR) is 80.3 cm³/mol. The molecule has 0 saturated carbocycles. The summed E-state index contributed by atoms with van der Waals surface area (Å²) in [6.07, 6.45) is 1.26. The Balaban J connectivity index is 2.45. The molecule has 98 valence electrons. The monoisotopic (exact) mass is 359 g/mol. The van der Waals surface area contributed by atoms with Crippen LogP contribution in [0.3, 0.4) is 0 Å². The number of rotatable bonds is 2. The first-order chi connectivity index (χ1) is 8.52. The van der Waals surface area contributed by atoms with Gasteiger partial charge in [0, 0.05) is 9.97 Å². The number of carboxylic acid groups (broad SMARTS) is 1. The molecule has 0 aromatic heterocycles. The number of amides is 1. The van der Waals surface area contributed by atoms with E-state index in [0.717, 1.165) is 12.8 Å². The molecule has 1 amide bonds. The first kappa shape index (κ1) is 13.6. The smallest absolute Gasteiger partial charge is 0.408 e. The first-order valence-corrected chi connectivity index (χ1v) is 7.50. The van der Waals surface area contributed by atoms with Gasteiger partial charge in [0.05, 0.1) is 6.04 Å². The lowest BCUT2D eigenvalue weighted by atomic mass is 9.86. The highest BCUT2D eigenvalue weighted by Crippen LogP contribution is 2.39. The fourth-order valence-electron chi connectivity index (χ4n) is 2.68. The molecule has 0 bridgehead atoms. The zero-order valence-corrected chi connectivity index (χ0v) is 12.8. The van der Waals surface area contributed by atoms with Gasteiger partial charge in [-0.3, -0.25) is 4.90 Å². The van der Waals surface area contributed by atoms with Crippen molar-refractivity contribution in [3.63, 3.8) is 0 Å². The summed E-state index contributed by atoms with van der Waals surface area (Å²) in [4.78, 5) is 13.1. The summed E-state index contributed by atoms with van der Waals surface area (Å²) in [7, 11) is 0. The Morgan fingerprint density at radius 1 is 1.44 bits per heavy atom. The molecule has 0 fully saturated rings. The average Bonchev–Trinajstić information content (AvgIpc) is 2.31. The van der Waals surface area contributed by atoms with Crippen LogP contribution in [-0.4, -0.2) is 26.1 Å². The first-order valence-electron chi connectivity index (χ1n) is 6.25. The summed E-state index contributed by atoms with van der Waals surface area (Å²) in [6, 6.07) is 8.20. The topological polar surface area (TPSA) is 40.5 Å². The molecule has 0 heterocycles. The number of halogens is 1. The van der Waals surface area contributed by atoms with Gasteiger partial charge in [-0.05, 0) is 37.8 Å². The minimum absolute atomic E-state index is 0.00378. The van der Waals surface area contributed by atoms with E-state index < -0.39 is 6.09 Å². The van der Waals surface area contributed by atoms with Gasteiger partial charge in [-0.2, -0.15) is 0 Å². The van der Waals surface area contributed by atoms with Crippen molar-refractivity contribution in [2.75, 3.05) is 0 Å². The Morgan fingerprint density at radius 3 is 2.72 bits per heavy atom. The number of fused-ring (bicyclic) bond motifs is 1. The number of alkyl halides is 1. The van der Waals surface area contributed by atoms with Crippen molar-refractivity contribution < 1.29 is 9.90 Å². The van der Waals surface area contributed by atoms with Crippen LogP contribution in [0, 0.1) is 0 Å². The number of benzene rings is 1. The molecule has 0 radical (unpaired) electrons. The molecule has 0 aliphatic heterocycles. The zero-order chi connectivity index (χ0) is 13.3. The fourth-order valence-corrected chi connectivity index (χ4v) is 3.73. The molecular weight excluding hydrogens is 341 g/mol. The van der Waals surface area contributed by atoms with Crippen LogP contribution in [0.1, 0.15) is 37.4 Å². The molecule has 1 aliphatic carbocycles. The number of hydrogen-bond acceptors (Lipinski definition) is 1. The third-order valence-electron chi connectivity index (χ3n) is 3.48. The van der Waals surface area contributed by atoms with Crippen molar-refractivity contribution in [2.45, 2.75) is 42.7 Å². The molecule has 2 atom stereocenters. The van der Waals surface area contributed by atoms with Crippen molar-refractivity contribution in [1.29, 1.82) is 0 Å². The van der Waals surface area contributed by atoms with Crippen molar-refractivity contribution >= 4 is 28.7 Å². The Hall–Kier alpha value is -0.780. The minimum Gasteiger partial charge on any atom is -0.465 e. The maximum absolute atomic E-state index is 11.5. The number of carbonyl (C=O) groups is 1. The largest absolute Gasteiger partial charge is 0.465 e. The SMILES string of the molecule is CC(C)N(C(=O)O)[C@@H]1c2ccccc2CC[C@H]1I. The maximum Gasteiger partial charge on any atom is 0.408 e. The van der Waals surface area contributed by atoms with Gasteiger partial charge in [0.25, 0.3) is 0 Å². The highest BCUT2D eigenvalue weighted by molar-refractivity contribution is 14.1. The van der Waals surface area contributed by atoms with Crippen LogP contribution in [0.15, 0.2) is 24.3 Å². The Morgan fingerprint density at radius 2 is 2.11 bits per heavy atom. The lowest BCUT2D eigenvalue weighted by molar-refractivity contribution is 0.104. The van der Waals surface area contributed by atoms with Gasteiger partial charge in [-0.15, -0.1) is 0 Å². The summed E-state index contributed by atoms with van der Waals surface area (Å²) in [5, 5.41) is 9.46. The molecule has 2 rings (SSSR count). The van der Waals surface area contributed by atoms with Crippen LogP contribution >= 0.6 is 22.6 Å². The van der Waals surface area contributed by atoms with E-state index >= 15 is 0 Å². The van der Waals surface area contributed by atoms with Crippen molar-refractivity contribution in [3.05, 3.63) is 35.4 Å². The number of nitrogens with zero attached hydrogens (tertiary/aromatic N) is 1. The summed E-state index contributed by atoms with van der Waals surface area (Å²) >= 11 is 2.39. The Bertz CT molecular complexity index is 447. The van der Waals surface area contributed by atoms with Gasteiger partial charge in [0.1, 0.15) is 0 Å². The molecular formula is C14H18INO2. The van der Waals surface area contributed by atoms with E-state index in [9.17, 15) is 9.90 Å². The highest BCUT2D eigenvalue weighted by atomic mass is 127. The average molecular weight is 359 g/mol. The van der Waals surface area contributed by atoms with Crippen LogP contribution in [0.4, 0.5) is 4.79 Å². The van der Waals surface area contributed by atoms with E-state index in [0.29, 0.717) is 3.92 Å². The third-order valence-corrected chi connectivity index (χ3v) is 4.79. The predicted octanol–water partition coefficient (Wildman–Crippen LogP) is 3.87. The Kier molecular flexibility index (Phi) is 4.14. The highest BCUT2D eigenvalue weighted by Gasteiger charge is 2.36. The summed E-state index contributed by atoms with van der Waals surface area (Å²) in [5.74, 6) is 0. The molecule has 1 aliphatic rings. The van der Waals surface area contributed by atoms with Gasteiger partial charge in [0.2, 0.25) is 0 Å². The standard InChI is InChI=1S/C14H18INO2/c1-9(2)16(14(17)18)13-11-6-4-3-5-10(11)7-8-12(13)15/h3-6,9,12-13H,7-8H2,1-2H3,(H,17,18)/t12-,13-/m1/s1. The van der Waals surface area contributed by atoms with Gasteiger partial charge >= 0.3 is 6.09 Å². The van der Waals surface area contributed by atoms with E-state index in [1.54, 1.807) is 4.90 Å². The summed E-state index contributed by atoms with van der Waals surface area (Å²) in [5.41, 5.74) is 2.47. The molecule has 3 nitrogen and oxygen atoms in total. The molecule has 18 heavy (non-hydrogen) atoms. The summed E-state index contributed by atoms with van der Waals surface area (Å²) in [6.45, 7) is 3.88. The van der Waals surface area contributed by atoms with Crippen molar-refractivity contribution in [1.82, 2.24) is 4.90 Å². The van der Waals surface area contributed by atoms with Gasteiger partial charge in [0.15, 0.2) is 0 Å². The van der Waals surface area contributed by atoms with Crippen LogP contribution < -0.4 is 0 Å². The van der Waals surface area contributed by atoms with E-state index in [1.165, 1.54) is 11.1 Å². The van der Waals surface area contributed by atoms with Crippen molar-refractivity contribution in [2.24, 2.45) is 0 Å². The van der Waals surface area contributed by atoms with E-state index in [2.05, 4.69) is 34.7 Å². The second-order valence-electron chi connectivity index (χ2n) is 4.98. The van der Waals surface area contributed by atoms with E-state index in [4.69, 9.17) is 0 Å². The second-order valence-corrected chi connectivity index (χ2v) is 6.58. The van der Waals surface area contributed by atoms with Crippen LogP contribution in [0.2, 0.25) is 0 Å². The van der Waals surface area contributed by atoms with E-state index in [-0.39, 0.29) is 12.1 Å². The number of aryl methyl sites for hydroxylation is 1. The van der Waals surface area contributed by atoms with Gasteiger partial charge in [-0.25, -0.2) is 4.79 Å². The molecule has 4 heteroatoms. The normalized spacial score (nSPS) is 22.7. The van der Waals surface area contributed by atoms with Gasteiger partial charge < -0.3 is 5.11 Å². The maximum atomic E-state index is 11.5. The zero-order valence-electron chi connectivity index (χ0n) is 10.6. The van der Waals surface area contributed by atoms with Crippen LogP contribution in [-0.2, 0) is 6.42 Å². The van der Waals surface area contributed by atoms with Crippen LogP contribution in [0.5, 0.6) is 0 Å². The molecule has 0 saturated heterocycles. The fraction of sp³-hybridized carbons (Fsp3) is 0.500. The molecule has 1 aromatic rings. The lowest BCUT2D eigenvalue weighted by Crippen LogP contribution is -2.44. The van der Waals surface area contributed by atoms with Crippen molar-refractivity contribution in [3.8, 4) is 0 Å². The lowest BCUT2D eigenvalue weighted by Gasteiger charge is -2.39. The third kappa shape index (κ3) is 2.48. The molecule has 1 N–H and O–H groups in total. The number of hydrogen-bond donors (Lipinski definition) is 1. The quantitative estimate of drug-likeness (QED) is 0.643. The molecule has 0 unspecified atom stereocenters. The van der Waals surface area contributed by atoms with Gasteiger partial charge in [-0.1, -0.05) is 46.9 Å². The molecule has 1 aromatic carbocycles. The van der Waals surface area contributed by atoms with E-state index in [1.807, 2.05) is 26.0 Å². The summed E-state index contributed by atoms with van der Waals surface area (Å²) < 4.78 is 0.344. The molecule has 0 spiro atoms. The minimum atomic E-state index is -0.826. The second kappa shape index (κ2) is 5.47.